The smallest absolute Gasteiger partial charge is 0.204 e. The number of rotatable bonds is 3. The molecular formula is C16H12BrFN4O2. The average Bonchev–Trinajstić information content (AvgIpc) is 3.05. The number of ether oxygens (including phenoxy) is 2. The molecule has 0 aliphatic carbocycles. The second kappa shape index (κ2) is 6.20. The molecular weight excluding hydrogens is 379 g/mol. The van der Waals surface area contributed by atoms with Crippen LogP contribution in [0.15, 0.2) is 40.9 Å². The lowest BCUT2D eigenvalue weighted by atomic mass is 10.2. The Kier molecular flexibility index (Phi) is 3.89. The molecule has 1 aliphatic rings. The molecule has 0 amide bonds. The molecule has 8 heteroatoms. The topological polar surface area (TPSA) is 62.1 Å². The van der Waals surface area contributed by atoms with E-state index in [1.54, 1.807) is 12.1 Å². The van der Waals surface area contributed by atoms with Crippen LogP contribution in [0.4, 0.5) is 4.39 Å². The molecule has 0 saturated carbocycles. The Morgan fingerprint density at radius 2 is 1.79 bits per heavy atom. The third-order valence-electron chi connectivity index (χ3n) is 3.58. The molecule has 0 bridgehead atoms. The summed E-state index contributed by atoms with van der Waals surface area (Å²) in [6, 6.07) is 9.76. The minimum Gasteiger partial charge on any atom is -0.486 e. The van der Waals surface area contributed by atoms with E-state index in [-0.39, 0.29) is 5.82 Å². The van der Waals surface area contributed by atoms with Crippen LogP contribution in [-0.4, -0.2) is 33.4 Å². The van der Waals surface area contributed by atoms with Crippen LogP contribution in [0.3, 0.4) is 0 Å². The molecule has 6 nitrogen and oxygen atoms in total. The maximum Gasteiger partial charge on any atom is 0.204 e. The summed E-state index contributed by atoms with van der Waals surface area (Å²) < 4.78 is 25.0. The summed E-state index contributed by atoms with van der Waals surface area (Å²) in [5, 5.41) is 12.4. The van der Waals surface area contributed by atoms with Crippen molar-refractivity contribution < 1.29 is 13.9 Å². The minimum atomic E-state index is -0.300. The van der Waals surface area contributed by atoms with E-state index in [4.69, 9.17) is 9.47 Å². The average molecular weight is 391 g/mol. The van der Waals surface area contributed by atoms with E-state index in [0.29, 0.717) is 36.9 Å². The highest BCUT2D eigenvalue weighted by atomic mass is 79.9. The Bertz CT molecular complexity index is 882. The predicted octanol–water partition coefficient (Wildman–Crippen LogP) is 3.06. The van der Waals surface area contributed by atoms with Gasteiger partial charge in [0.2, 0.25) is 5.82 Å². The molecule has 1 aliphatic heterocycles. The van der Waals surface area contributed by atoms with Crippen molar-refractivity contribution in [1.29, 1.82) is 0 Å². The van der Waals surface area contributed by atoms with Gasteiger partial charge in [-0.1, -0.05) is 15.9 Å². The van der Waals surface area contributed by atoms with Gasteiger partial charge in [0.05, 0.1) is 6.54 Å². The molecule has 4 rings (SSSR count). The molecule has 2 heterocycles. The number of benzene rings is 2. The van der Waals surface area contributed by atoms with Crippen LogP contribution in [0.1, 0.15) is 5.56 Å². The number of nitrogens with zero attached hydrogens (tertiary/aromatic N) is 4. The fraction of sp³-hybridized carbons (Fsp3) is 0.188. The third-order valence-corrected chi connectivity index (χ3v) is 4.32. The zero-order valence-corrected chi connectivity index (χ0v) is 14.0. The van der Waals surface area contributed by atoms with Crippen LogP contribution in [0.5, 0.6) is 11.5 Å². The van der Waals surface area contributed by atoms with Crippen molar-refractivity contribution in [1.82, 2.24) is 20.2 Å². The first kappa shape index (κ1) is 15.1. The van der Waals surface area contributed by atoms with Gasteiger partial charge in [-0.2, -0.15) is 4.80 Å². The van der Waals surface area contributed by atoms with Gasteiger partial charge in [0.25, 0.3) is 0 Å². The fourth-order valence-corrected chi connectivity index (χ4v) is 2.85. The Hall–Kier alpha value is -2.48. The van der Waals surface area contributed by atoms with Crippen molar-refractivity contribution in [2.24, 2.45) is 0 Å². The largest absolute Gasteiger partial charge is 0.486 e. The van der Waals surface area contributed by atoms with E-state index in [1.165, 1.54) is 16.9 Å². The molecule has 0 spiro atoms. The highest BCUT2D eigenvalue weighted by molar-refractivity contribution is 9.10. The molecule has 0 unspecified atom stereocenters. The van der Waals surface area contributed by atoms with Crippen LogP contribution < -0.4 is 9.47 Å². The summed E-state index contributed by atoms with van der Waals surface area (Å²) in [6.45, 7) is 1.50. The van der Waals surface area contributed by atoms with Crippen LogP contribution in [-0.2, 0) is 6.54 Å². The fourth-order valence-electron chi connectivity index (χ4n) is 2.40. The Morgan fingerprint density at radius 3 is 2.54 bits per heavy atom. The van der Waals surface area contributed by atoms with Gasteiger partial charge >= 0.3 is 0 Å². The maximum atomic E-state index is 13.0. The van der Waals surface area contributed by atoms with Crippen LogP contribution in [0, 0.1) is 5.82 Å². The van der Waals surface area contributed by atoms with Gasteiger partial charge in [-0.25, -0.2) is 4.39 Å². The Balaban J connectivity index is 1.59. The lowest BCUT2D eigenvalue weighted by molar-refractivity contribution is 0.171. The zero-order chi connectivity index (χ0) is 16.5. The maximum absolute atomic E-state index is 13.0. The summed E-state index contributed by atoms with van der Waals surface area (Å²) in [7, 11) is 0. The number of fused-ring (bicyclic) bond motifs is 1. The third kappa shape index (κ3) is 2.96. The first-order valence-corrected chi connectivity index (χ1v) is 8.10. The molecule has 24 heavy (non-hydrogen) atoms. The number of aromatic nitrogens is 4. The molecule has 0 N–H and O–H groups in total. The number of hydrogen-bond acceptors (Lipinski definition) is 5. The Morgan fingerprint density at radius 1 is 1.08 bits per heavy atom. The molecule has 3 aromatic rings. The predicted molar refractivity (Wildman–Crippen MR) is 87.4 cm³/mol. The van der Waals surface area contributed by atoms with Crippen molar-refractivity contribution in [3.05, 3.63) is 52.3 Å². The highest BCUT2D eigenvalue weighted by Gasteiger charge is 2.16. The van der Waals surface area contributed by atoms with Gasteiger partial charge in [0.15, 0.2) is 11.5 Å². The summed E-state index contributed by atoms with van der Waals surface area (Å²) in [5.41, 5.74) is 1.66. The van der Waals surface area contributed by atoms with Crippen molar-refractivity contribution in [3.63, 3.8) is 0 Å². The lowest BCUT2D eigenvalue weighted by Gasteiger charge is -2.19. The van der Waals surface area contributed by atoms with Crippen LogP contribution in [0.25, 0.3) is 11.4 Å². The highest BCUT2D eigenvalue weighted by Crippen LogP contribution is 2.35. The molecule has 2 aromatic carbocycles. The second-order valence-electron chi connectivity index (χ2n) is 5.24. The van der Waals surface area contributed by atoms with E-state index in [0.717, 1.165) is 15.8 Å². The minimum absolute atomic E-state index is 0.300. The van der Waals surface area contributed by atoms with E-state index in [1.807, 2.05) is 12.1 Å². The molecule has 0 fully saturated rings. The van der Waals surface area contributed by atoms with Crippen LogP contribution in [0.2, 0.25) is 0 Å². The molecule has 1 aromatic heterocycles. The number of hydrogen-bond donors (Lipinski definition) is 0. The number of tetrazole rings is 1. The second-order valence-corrected chi connectivity index (χ2v) is 6.09. The first-order chi connectivity index (χ1) is 11.7. The number of halogens is 2. The van der Waals surface area contributed by atoms with Gasteiger partial charge in [0.1, 0.15) is 19.0 Å². The first-order valence-electron chi connectivity index (χ1n) is 7.31. The van der Waals surface area contributed by atoms with Crippen molar-refractivity contribution >= 4 is 15.9 Å². The van der Waals surface area contributed by atoms with E-state index >= 15 is 0 Å². The summed E-state index contributed by atoms with van der Waals surface area (Å²) in [6.07, 6.45) is 0. The Labute approximate surface area is 145 Å². The van der Waals surface area contributed by atoms with Crippen LogP contribution >= 0.6 is 15.9 Å². The molecule has 0 saturated heterocycles. The SMILES string of the molecule is Fc1ccc(-c2nnn(Cc3cc4c(cc3Br)OCCO4)n2)cc1. The lowest BCUT2D eigenvalue weighted by Crippen LogP contribution is -2.16. The quantitative estimate of drug-likeness (QED) is 0.687. The molecule has 0 radical (unpaired) electrons. The van der Waals surface area contributed by atoms with Crippen molar-refractivity contribution in [2.75, 3.05) is 13.2 Å². The van der Waals surface area contributed by atoms with Crippen molar-refractivity contribution in [3.8, 4) is 22.9 Å². The van der Waals surface area contributed by atoms with Gasteiger partial charge < -0.3 is 9.47 Å². The summed E-state index contributed by atoms with van der Waals surface area (Å²) in [5.74, 6) is 1.57. The van der Waals surface area contributed by atoms with Gasteiger partial charge in [-0.15, -0.1) is 10.2 Å². The van der Waals surface area contributed by atoms with E-state index < -0.39 is 0 Å². The monoisotopic (exact) mass is 390 g/mol. The van der Waals surface area contributed by atoms with E-state index in [2.05, 4.69) is 31.3 Å². The van der Waals surface area contributed by atoms with Gasteiger partial charge in [0, 0.05) is 10.0 Å². The van der Waals surface area contributed by atoms with Crippen molar-refractivity contribution in [2.45, 2.75) is 6.54 Å². The van der Waals surface area contributed by atoms with Gasteiger partial charge in [-0.05, 0) is 47.2 Å². The zero-order valence-electron chi connectivity index (χ0n) is 12.4. The summed E-state index contributed by atoms with van der Waals surface area (Å²) in [4.78, 5) is 1.48. The molecule has 0 atom stereocenters. The van der Waals surface area contributed by atoms with E-state index in [9.17, 15) is 4.39 Å². The van der Waals surface area contributed by atoms with Gasteiger partial charge in [-0.3, -0.25) is 0 Å². The molecule has 122 valence electrons. The standard InChI is InChI=1S/C16H12BrFN4O2/c17-13-8-15-14(23-5-6-24-15)7-11(13)9-22-20-16(19-21-22)10-1-3-12(18)4-2-10/h1-4,7-8H,5-6,9H2. The normalized spacial score (nSPS) is 13.1. The summed E-state index contributed by atoms with van der Waals surface area (Å²) >= 11 is 3.53.